The monoisotopic (exact) mass is 311 g/mol. The van der Waals surface area contributed by atoms with Gasteiger partial charge in [-0.15, -0.1) is 10.2 Å². The van der Waals surface area contributed by atoms with Gasteiger partial charge in [0.2, 0.25) is 0 Å². The molecule has 1 saturated heterocycles. The second-order valence-corrected chi connectivity index (χ2v) is 5.84. The minimum Gasteiger partial charge on any atom is -0.339 e. The smallest absolute Gasteiger partial charge is 0.274 e. The Bertz CT molecular complexity index is 678. The fourth-order valence-corrected chi connectivity index (χ4v) is 2.54. The van der Waals surface area contributed by atoms with Crippen LogP contribution in [0.25, 0.3) is 0 Å². The molecule has 3 rings (SSSR count). The third kappa shape index (κ3) is 3.65. The zero-order chi connectivity index (χ0) is 16.2. The van der Waals surface area contributed by atoms with E-state index < -0.39 is 0 Å². The average Bonchev–Trinajstić information content (AvgIpc) is 2.58. The molecule has 1 aromatic heterocycles. The largest absolute Gasteiger partial charge is 0.339 e. The first kappa shape index (κ1) is 15.4. The van der Waals surface area contributed by atoms with Gasteiger partial charge in [-0.1, -0.05) is 18.2 Å². The van der Waals surface area contributed by atoms with Crippen molar-refractivity contribution in [2.24, 2.45) is 0 Å². The van der Waals surface area contributed by atoms with Crippen LogP contribution in [0.2, 0.25) is 0 Å². The molecule has 0 bridgehead atoms. The van der Waals surface area contributed by atoms with Crippen molar-refractivity contribution in [3.63, 3.8) is 0 Å². The molecule has 0 radical (unpaired) electrons. The summed E-state index contributed by atoms with van der Waals surface area (Å²) in [4.78, 5) is 16.5. The zero-order valence-corrected chi connectivity index (χ0v) is 13.5. The highest BCUT2D eigenvalue weighted by Crippen LogP contribution is 2.18. The second kappa shape index (κ2) is 6.75. The van der Waals surface area contributed by atoms with E-state index in [-0.39, 0.29) is 5.91 Å². The number of nitrogens with zero attached hydrogens (tertiary/aromatic N) is 4. The number of carbonyl (C=O) groups is 1. The van der Waals surface area contributed by atoms with Gasteiger partial charge in [-0.2, -0.15) is 0 Å². The van der Waals surface area contributed by atoms with Gasteiger partial charge in [-0.3, -0.25) is 4.79 Å². The van der Waals surface area contributed by atoms with Crippen molar-refractivity contribution >= 4 is 17.4 Å². The van der Waals surface area contributed by atoms with Crippen molar-refractivity contribution in [2.45, 2.75) is 6.92 Å². The lowest BCUT2D eigenvalue weighted by Gasteiger charge is -2.32. The predicted molar refractivity (Wildman–Crippen MR) is 89.9 cm³/mol. The number of benzene rings is 1. The Morgan fingerprint density at radius 1 is 1.04 bits per heavy atom. The first-order chi connectivity index (χ1) is 11.1. The summed E-state index contributed by atoms with van der Waals surface area (Å²) in [5, 5.41) is 11.4. The second-order valence-electron chi connectivity index (χ2n) is 5.84. The van der Waals surface area contributed by atoms with Crippen molar-refractivity contribution in [1.29, 1.82) is 0 Å². The van der Waals surface area contributed by atoms with Crippen LogP contribution in [0.3, 0.4) is 0 Å². The number of carbonyl (C=O) groups excluding carboxylic acids is 1. The van der Waals surface area contributed by atoms with Crippen molar-refractivity contribution in [2.75, 3.05) is 38.5 Å². The summed E-state index contributed by atoms with van der Waals surface area (Å²) in [6.07, 6.45) is 0. The van der Waals surface area contributed by atoms with E-state index in [9.17, 15) is 4.79 Å². The number of likely N-dealkylation sites (N-methyl/N-ethyl adjacent to an activating group) is 1. The molecular weight excluding hydrogens is 290 g/mol. The summed E-state index contributed by atoms with van der Waals surface area (Å²) in [6, 6.07) is 11.5. The Kier molecular flexibility index (Phi) is 4.52. The molecule has 6 heteroatoms. The van der Waals surface area contributed by atoms with Gasteiger partial charge in [0.25, 0.3) is 5.91 Å². The molecule has 23 heavy (non-hydrogen) atoms. The summed E-state index contributed by atoms with van der Waals surface area (Å²) in [7, 11) is 2.06. The van der Waals surface area contributed by atoms with Crippen molar-refractivity contribution in [1.82, 2.24) is 20.0 Å². The molecule has 120 valence electrons. The number of rotatable bonds is 3. The average molecular weight is 311 g/mol. The van der Waals surface area contributed by atoms with Gasteiger partial charge in [-0.25, -0.2) is 0 Å². The van der Waals surface area contributed by atoms with Crippen LogP contribution >= 0.6 is 0 Å². The molecule has 1 fully saturated rings. The molecule has 2 aromatic rings. The van der Waals surface area contributed by atoms with E-state index in [0.717, 1.165) is 37.4 Å². The molecule has 0 saturated carbocycles. The lowest BCUT2D eigenvalue weighted by atomic mass is 10.2. The van der Waals surface area contributed by atoms with E-state index in [4.69, 9.17) is 0 Å². The van der Waals surface area contributed by atoms with Gasteiger partial charge in [0.15, 0.2) is 11.5 Å². The van der Waals surface area contributed by atoms with Gasteiger partial charge in [0, 0.05) is 31.9 Å². The van der Waals surface area contributed by atoms with E-state index >= 15 is 0 Å². The lowest BCUT2D eigenvalue weighted by molar-refractivity contribution is 0.0657. The van der Waals surface area contributed by atoms with Crippen LogP contribution in [0, 0.1) is 6.92 Å². The molecule has 1 aliphatic heterocycles. The number of hydrogen-bond acceptors (Lipinski definition) is 5. The minimum absolute atomic E-state index is 0.0481. The molecule has 1 aliphatic rings. The predicted octanol–water partition coefficient (Wildman–Crippen LogP) is 1.92. The highest BCUT2D eigenvalue weighted by Gasteiger charge is 2.21. The normalized spacial score (nSPS) is 15.5. The number of nitrogens with one attached hydrogen (secondary N) is 1. The lowest BCUT2D eigenvalue weighted by Crippen LogP contribution is -2.47. The van der Waals surface area contributed by atoms with Crippen LogP contribution in [0.15, 0.2) is 36.4 Å². The van der Waals surface area contributed by atoms with Gasteiger partial charge < -0.3 is 15.1 Å². The minimum atomic E-state index is -0.0481. The first-order valence-corrected chi connectivity index (χ1v) is 7.78. The summed E-state index contributed by atoms with van der Waals surface area (Å²) in [5.41, 5.74) is 2.51. The van der Waals surface area contributed by atoms with E-state index in [2.05, 4.69) is 27.5 Å². The van der Waals surface area contributed by atoms with Gasteiger partial charge in [-0.05, 0) is 37.7 Å². The van der Waals surface area contributed by atoms with Crippen molar-refractivity contribution in [3.8, 4) is 0 Å². The highest BCUT2D eigenvalue weighted by molar-refractivity contribution is 5.92. The molecule has 6 nitrogen and oxygen atoms in total. The van der Waals surface area contributed by atoms with Crippen LogP contribution in [0.1, 0.15) is 16.1 Å². The van der Waals surface area contributed by atoms with Crippen LogP contribution in [0.5, 0.6) is 0 Å². The standard InChI is InChI=1S/C17H21N5O/c1-13-5-3-4-6-14(13)18-16-8-7-15(19-20-16)17(23)22-11-9-21(2)10-12-22/h3-8H,9-12H2,1-2H3,(H,18,20). The SMILES string of the molecule is Cc1ccccc1Nc1ccc(C(=O)N2CCN(C)CC2)nn1. The van der Waals surface area contributed by atoms with E-state index in [0.29, 0.717) is 11.5 Å². The number of aryl methyl sites for hydroxylation is 1. The number of amides is 1. The van der Waals surface area contributed by atoms with Crippen LogP contribution in [-0.2, 0) is 0 Å². The number of anilines is 2. The maximum atomic E-state index is 12.4. The summed E-state index contributed by atoms with van der Waals surface area (Å²) in [6.45, 7) is 5.29. The maximum Gasteiger partial charge on any atom is 0.274 e. The van der Waals surface area contributed by atoms with Gasteiger partial charge >= 0.3 is 0 Å². The number of hydrogen-bond donors (Lipinski definition) is 1. The molecule has 0 aliphatic carbocycles. The molecule has 1 aromatic carbocycles. The van der Waals surface area contributed by atoms with Crippen molar-refractivity contribution < 1.29 is 4.79 Å². The van der Waals surface area contributed by atoms with Crippen LogP contribution in [-0.4, -0.2) is 59.1 Å². The van der Waals surface area contributed by atoms with E-state index in [1.165, 1.54) is 0 Å². The van der Waals surface area contributed by atoms with Crippen LogP contribution in [0.4, 0.5) is 11.5 Å². The Hall–Kier alpha value is -2.47. The molecule has 0 spiro atoms. The molecule has 0 unspecified atom stereocenters. The molecule has 0 atom stereocenters. The fourth-order valence-electron chi connectivity index (χ4n) is 2.54. The first-order valence-electron chi connectivity index (χ1n) is 7.78. The summed E-state index contributed by atoms with van der Waals surface area (Å²) < 4.78 is 0. The third-order valence-corrected chi connectivity index (χ3v) is 4.08. The Morgan fingerprint density at radius 3 is 2.43 bits per heavy atom. The molecule has 1 N–H and O–H groups in total. The molecular formula is C17H21N5O. The van der Waals surface area contributed by atoms with E-state index in [1.807, 2.05) is 36.1 Å². The summed E-state index contributed by atoms with van der Waals surface area (Å²) >= 11 is 0. The van der Waals surface area contributed by atoms with Crippen molar-refractivity contribution in [3.05, 3.63) is 47.7 Å². The Morgan fingerprint density at radius 2 is 1.78 bits per heavy atom. The zero-order valence-electron chi connectivity index (χ0n) is 13.5. The topological polar surface area (TPSA) is 61.4 Å². The third-order valence-electron chi connectivity index (χ3n) is 4.08. The molecule has 1 amide bonds. The number of para-hydroxylation sites is 1. The number of piperazine rings is 1. The maximum absolute atomic E-state index is 12.4. The Balaban J connectivity index is 1.67. The molecule has 2 heterocycles. The number of aromatic nitrogens is 2. The highest BCUT2D eigenvalue weighted by atomic mass is 16.2. The quantitative estimate of drug-likeness (QED) is 0.938. The van der Waals surface area contributed by atoms with Gasteiger partial charge in [0.05, 0.1) is 0 Å². The summed E-state index contributed by atoms with van der Waals surface area (Å²) in [5.74, 6) is 0.585. The van der Waals surface area contributed by atoms with Crippen LogP contribution < -0.4 is 5.32 Å². The van der Waals surface area contributed by atoms with E-state index in [1.54, 1.807) is 12.1 Å². The van der Waals surface area contributed by atoms with Gasteiger partial charge in [0.1, 0.15) is 0 Å². The fraction of sp³-hybridized carbons (Fsp3) is 0.353. The Labute approximate surface area is 136 Å².